The SMILES string of the molecule is CCCCOc1ccc([C@H]2[C@H]3C(=O)N(c4cccc(C)c4)C(=O)[C@H]3ON2c2ccccc2)cc1OC. The largest absolute Gasteiger partial charge is 0.493 e. The average molecular weight is 487 g/mol. The second kappa shape index (κ2) is 10.0. The molecule has 7 heteroatoms. The Balaban J connectivity index is 1.55. The van der Waals surface area contributed by atoms with E-state index in [1.54, 1.807) is 18.2 Å². The molecule has 2 heterocycles. The zero-order chi connectivity index (χ0) is 25.2. The molecule has 0 saturated carbocycles. The van der Waals surface area contributed by atoms with Crippen molar-refractivity contribution < 1.29 is 23.9 Å². The highest BCUT2D eigenvalue weighted by molar-refractivity contribution is 6.24. The van der Waals surface area contributed by atoms with Crippen molar-refractivity contribution in [3.05, 3.63) is 83.9 Å². The van der Waals surface area contributed by atoms with Crippen LogP contribution in [-0.2, 0) is 14.4 Å². The Morgan fingerprint density at radius 3 is 2.39 bits per heavy atom. The van der Waals surface area contributed by atoms with Crippen LogP contribution >= 0.6 is 0 Å². The van der Waals surface area contributed by atoms with E-state index in [4.69, 9.17) is 14.3 Å². The maximum atomic E-state index is 13.8. The standard InChI is InChI=1S/C29H30N2O5/c1-4-5-16-35-23-15-14-20(18-24(23)34-3)26-25-27(36-31(26)21-11-7-6-8-12-21)29(33)30(28(25)32)22-13-9-10-19(2)17-22/h6-15,17-18,25-27H,4-5,16H2,1-3H3/t25-,26+,27+/m1/s1. The van der Waals surface area contributed by atoms with E-state index in [2.05, 4.69) is 6.92 Å². The minimum atomic E-state index is -0.922. The number of aryl methyl sites for hydroxylation is 1. The summed E-state index contributed by atoms with van der Waals surface area (Å²) < 4.78 is 11.5. The molecule has 0 radical (unpaired) electrons. The summed E-state index contributed by atoms with van der Waals surface area (Å²) in [4.78, 5) is 34.8. The van der Waals surface area contributed by atoms with Gasteiger partial charge in [-0.05, 0) is 60.9 Å². The summed E-state index contributed by atoms with van der Waals surface area (Å²) in [6, 6.07) is 22.0. The van der Waals surface area contributed by atoms with Crippen molar-refractivity contribution in [2.24, 2.45) is 5.92 Å². The van der Waals surface area contributed by atoms with Crippen molar-refractivity contribution >= 4 is 23.2 Å². The number of ether oxygens (including phenoxy) is 2. The quantitative estimate of drug-likeness (QED) is 0.321. The number of nitrogens with zero attached hydrogens (tertiary/aromatic N) is 2. The number of hydroxylamine groups is 1. The first kappa shape index (κ1) is 23.9. The number of carbonyl (C=O) groups is 2. The third-order valence-corrected chi connectivity index (χ3v) is 6.67. The van der Waals surface area contributed by atoms with Crippen LogP contribution in [0.4, 0.5) is 11.4 Å². The number of imide groups is 1. The molecule has 2 amide bonds. The van der Waals surface area contributed by atoms with Crippen LogP contribution < -0.4 is 19.4 Å². The fraction of sp³-hybridized carbons (Fsp3) is 0.310. The van der Waals surface area contributed by atoms with E-state index in [-0.39, 0.29) is 11.8 Å². The van der Waals surface area contributed by atoms with Crippen LogP contribution in [0, 0.1) is 12.8 Å². The van der Waals surface area contributed by atoms with Gasteiger partial charge in [0.1, 0.15) is 5.92 Å². The van der Waals surface area contributed by atoms with Crippen molar-refractivity contribution in [2.45, 2.75) is 38.8 Å². The number of anilines is 2. The van der Waals surface area contributed by atoms with E-state index in [1.165, 1.54) is 4.90 Å². The maximum absolute atomic E-state index is 13.8. The Morgan fingerprint density at radius 1 is 0.889 bits per heavy atom. The van der Waals surface area contributed by atoms with Crippen molar-refractivity contribution in [3.8, 4) is 11.5 Å². The number of methoxy groups -OCH3 is 1. The first-order chi connectivity index (χ1) is 17.5. The molecule has 3 aromatic rings. The van der Waals surface area contributed by atoms with Crippen molar-refractivity contribution in [2.75, 3.05) is 23.7 Å². The van der Waals surface area contributed by atoms with Crippen LogP contribution in [0.25, 0.3) is 0 Å². The van der Waals surface area contributed by atoms with Crippen molar-refractivity contribution in [1.29, 1.82) is 0 Å². The molecule has 186 valence electrons. The van der Waals surface area contributed by atoms with Gasteiger partial charge in [0.2, 0.25) is 5.91 Å². The molecule has 0 bridgehead atoms. The molecule has 0 aliphatic carbocycles. The molecule has 7 nitrogen and oxygen atoms in total. The molecule has 0 N–H and O–H groups in total. The first-order valence-electron chi connectivity index (χ1n) is 12.3. The zero-order valence-electron chi connectivity index (χ0n) is 20.7. The Labute approximate surface area is 211 Å². The monoisotopic (exact) mass is 486 g/mol. The smallest absolute Gasteiger partial charge is 0.266 e. The lowest BCUT2D eigenvalue weighted by molar-refractivity contribution is -0.126. The van der Waals surface area contributed by atoms with Gasteiger partial charge in [-0.2, -0.15) is 0 Å². The summed E-state index contributed by atoms with van der Waals surface area (Å²) >= 11 is 0. The summed E-state index contributed by atoms with van der Waals surface area (Å²) in [6.45, 7) is 4.64. The van der Waals surface area contributed by atoms with Crippen LogP contribution in [0.5, 0.6) is 11.5 Å². The summed E-state index contributed by atoms with van der Waals surface area (Å²) in [7, 11) is 1.60. The van der Waals surface area contributed by atoms with E-state index >= 15 is 0 Å². The van der Waals surface area contributed by atoms with Gasteiger partial charge in [0.05, 0.1) is 31.1 Å². The number of hydrogen-bond donors (Lipinski definition) is 0. The predicted molar refractivity (Wildman–Crippen MR) is 137 cm³/mol. The third kappa shape index (κ3) is 4.20. The predicted octanol–water partition coefficient (Wildman–Crippen LogP) is 5.23. The topological polar surface area (TPSA) is 68.3 Å². The van der Waals surface area contributed by atoms with Gasteiger partial charge in [-0.15, -0.1) is 0 Å². The third-order valence-electron chi connectivity index (χ3n) is 6.67. The fourth-order valence-corrected chi connectivity index (χ4v) is 4.89. The zero-order valence-corrected chi connectivity index (χ0v) is 20.7. The maximum Gasteiger partial charge on any atom is 0.266 e. The molecule has 2 aliphatic rings. The Bertz CT molecular complexity index is 1260. The van der Waals surface area contributed by atoms with Gasteiger partial charge in [-0.1, -0.05) is 49.7 Å². The van der Waals surface area contributed by atoms with E-state index in [1.807, 2.05) is 73.7 Å². The van der Waals surface area contributed by atoms with Crippen LogP contribution in [0.3, 0.4) is 0 Å². The number of amides is 2. The van der Waals surface area contributed by atoms with Crippen molar-refractivity contribution in [1.82, 2.24) is 0 Å². The highest BCUT2D eigenvalue weighted by Gasteiger charge is 2.60. The molecule has 2 fully saturated rings. The van der Waals surface area contributed by atoms with Gasteiger partial charge in [-0.3, -0.25) is 14.4 Å². The fourth-order valence-electron chi connectivity index (χ4n) is 4.89. The molecule has 0 spiro atoms. The van der Waals surface area contributed by atoms with E-state index in [0.717, 1.165) is 29.7 Å². The molecule has 2 aliphatic heterocycles. The summed E-state index contributed by atoms with van der Waals surface area (Å²) in [5.41, 5.74) is 3.10. The molecule has 3 atom stereocenters. The Hall–Kier alpha value is -3.84. The van der Waals surface area contributed by atoms with Crippen LogP contribution in [-0.4, -0.2) is 31.6 Å². The second-order valence-corrected chi connectivity index (χ2v) is 9.12. The highest BCUT2D eigenvalue weighted by atomic mass is 16.7. The lowest BCUT2D eigenvalue weighted by Crippen LogP contribution is -2.37. The molecule has 3 aromatic carbocycles. The number of unbranched alkanes of at least 4 members (excludes halogenated alkanes) is 1. The van der Waals surface area contributed by atoms with Gasteiger partial charge in [0.25, 0.3) is 5.91 Å². The Morgan fingerprint density at radius 2 is 1.67 bits per heavy atom. The van der Waals surface area contributed by atoms with Gasteiger partial charge >= 0.3 is 0 Å². The van der Waals surface area contributed by atoms with Crippen molar-refractivity contribution in [3.63, 3.8) is 0 Å². The van der Waals surface area contributed by atoms with Crippen LogP contribution in [0.15, 0.2) is 72.8 Å². The van der Waals surface area contributed by atoms with Crippen LogP contribution in [0.2, 0.25) is 0 Å². The minimum Gasteiger partial charge on any atom is -0.493 e. The molecule has 0 aromatic heterocycles. The molecule has 36 heavy (non-hydrogen) atoms. The lowest BCUT2D eigenvalue weighted by Gasteiger charge is -2.29. The highest BCUT2D eigenvalue weighted by Crippen LogP contribution is 2.48. The molecular weight excluding hydrogens is 456 g/mol. The number of hydrogen-bond acceptors (Lipinski definition) is 6. The van der Waals surface area contributed by atoms with E-state index in [0.29, 0.717) is 23.8 Å². The Kier molecular flexibility index (Phi) is 6.65. The number of benzene rings is 3. The number of rotatable bonds is 8. The summed E-state index contributed by atoms with van der Waals surface area (Å²) in [5, 5.41) is 1.69. The number of para-hydroxylation sites is 1. The summed E-state index contributed by atoms with van der Waals surface area (Å²) in [6.07, 6.45) is 1.05. The van der Waals surface area contributed by atoms with E-state index in [9.17, 15) is 9.59 Å². The number of fused-ring (bicyclic) bond motifs is 1. The second-order valence-electron chi connectivity index (χ2n) is 9.12. The molecule has 0 unspecified atom stereocenters. The average Bonchev–Trinajstić information content (AvgIpc) is 3.40. The van der Waals surface area contributed by atoms with Gasteiger partial charge < -0.3 is 9.47 Å². The first-order valence-corrected chi connectivity index (χ1v) is 12.3. The lowest BCUT2D eigenvalue weighted by atomic mass is 9.90. The summed E-state index contributed by atoms with van der Waals surface area (Å²) in [5.74, 6) is -0.124. The van der Waals surface area contributed by atoms with Gasteiger partial charge in [0.15, 0.2) is 17.6 Å². The van der Waals surface area contributed by atoms with E-state index < -0.39 is 18.1 Å². The normalized spacial score (nSPS) is 21.1. The molecule has 5 rings (SSSR count). The van der Waals surface area contributed by atoms with Crippen LogP contribution in [0.1, 0.15) is 36.9 Å². The number of carbonyl (C=O) groups excluding carboxylic acids is 2. The molecular formula is C29H30N2O5. The van der Waals surface area contributed by atoms with Gasteiger partial charge in [-0.25, -0.2) is 9.96 Å². The molecule has 2 saturated heterocycles. The van der Waals surface area contributed by atoms with Gasteiger partial charge in [0, 0.05) is 0 Å². The minimum absolute atomic E-state index is 0.277.